The van der Waals surface area contributed by atoms with Crippen molar-refractivity contribution < 1.29 is 9.47 Å². The van der Waals surface area contributed by atoms with Crippen LogP contribution < -0.4 is 0 Å². The van der Waals surface area contributed by atoms with Crippen molar-refractivity contribution >= 4 is 0 Å². The summed E-state index contributed by atoms with van der Waals surface area (Å²) in [4.78, 5) is 0. The van der Waals surface area contributed by atoms with Crippen molar-refractivity contribution in [1.29, 1.82) is 0 Å². The van der Waals surface area contributed by atoms with Crippen LogP contribution >= 0.6 is 0 Å². The van der Waals surface area contributed by atoms with Crippen LogP contribution in [0.25, 0.3) is 0 Å². The van der Waals surface area contributed by atoms with Gasteiger partial charge in [-0.15, -0.1) is 0 Å². The van der Waals surface area contributed by atoms with E-state index < -0.39 is 0 Å². The molecule has 1 unspecified atom stereocenters. The van der Waals surface area contributed by atoms with Crippen LogP contribution in [0, 0.1) is 0 Å². The molecule has 0 bridgehead atoms. The molecule has 0 aromatic heterocycles. The lowest BCUT2D eigenvalue weighted by Crippen LogP contribution is -2.12. The zero-order valence-corrected chi connectivity index (χ0v) is 7.77. The molecule has 0 aliphatic carbocycles. The zero-order valence-electron chi connectivity index (χ0n) is 7.77. The van der Waals surface area contributed by atoms with Gasteiger partial charge < -0.3 is 9.47 Å². The third-order valence-corrected chi connectivity index (χ3v) is 2.15. The van der Waals surface area contributed by atoms with Gasteiger partial charge in [0.25, 0.3) is 0 Å². The lowest BCUT2D eigenvalue weighted by atomic mass is 10.1. The van der Waals surface area contributed by atoms with Gasteiger partial charge in [0.05, 0.1) is 12.7 Å². The molecule has 1 aliphatic rings. The highest BCUT2D eigenvalue weighted by Crippen LogP contribution is 2.15. The fourth-order valence-electron chi connectivity index (χ4n) is 1.49. The average Bonchev–Trinajstić information content (AvgIpc) is 2.53. The third-order valence-electron chi connectivity index (χ3n) is 2.15. The normalized spacial score (nSPS) is 27.8. The first kappa shape index (κ1) is 8.73. The molecule has 0 saturated carbocycles. The second-order valence-corrected chi connectivity index (χ2v) is 3.40. The summed E-state index contributed by atoms with van der Waals surface area (Å²) in [6.45, 7) is 2.75. The number of benzene rings is 1. The molecule has 13 heavy (non-hydrogen) atoms. The first-order valence-electron chi connectivity index (χ1n) is 4.65. The van der Waals surface area contributed by atoms with Crippen LogP contribution in [0.3, 0.4) is 0 Å². The molecular formula is C11H14O2. The maximum absolute atomic E-state index is 5.54. The minimum absolute atomic E-state index is 0.0441. The van der Waals surface area contributed by atoms with Crippen LogP contribution in [0.5, 0.6) is 0 Å². The number of hydrogen-bond acceptors (Lipinski definition) is 2. The summed E-state index contributed by atoms with van der Waals surface area (Å²) in [6, 6.07) is 10.3. The SMILES string of the molecule is C[C@@H]1COC(Cc2ccccc2)O1. The molecule has 1 aromatic rings. The first-order valence-corrected chi connectivity index (χ1v) is 4.65. The Balaban J connectivity index is 1.92. The summed E-state index contributed by atoms with van der Waals surface area (Å²) in [5.41, 5.74) is 1.27. The average molecular weight is 178 g/mol. The lowest BCUT2D eigenvalue weighted by molar-refractivity contribution is -0.0528. The number of rotatable bonds is 2. The third kappa shape index (κ3) is 2.29. The van der Waals surface area contributed by atoms with Gasteiger partial charge >= 0.3 is 0 Å². The predicted octanol–water partition coefficient (Wildman–Crippen LogP) is 1.99. The second-order valence-electron chi connectivity index (χ2n) is 3.40. The van der Waals surface area contributed by atoms with Gasteiger partial charge in [-0.3, -0.25) is 0 Å². The van der Waals surface area contributed by atoms with Crippen LogP contribution in [-0.2, 0) is 15.9 Å². The Morgan fingerprint density at radius 2 is 2.08 bits per heavy atom. The molecule has 2 nitrogen and oxygen atoms in total. The van der Waals surface area contributed by atoms with Crippen molar-refractivity contribution in [2.45, 2.75) is 25.7 Å². The lowest BCUT2D eigenvalue weighted by Gasteiger charge is -2.09. The van der Waals surface area contributed by atoms with Gasteiger partial charge in [0, 0.05) is 6.42 Å². The molecule has 0 amide bonds. The molecule has 1 fully saturated rings. The summed E-state index contributed by atoms with van der Waals surface area (Å²) in [6.07, 6.45) is 1.05. The highest BCUT2D eigenvalue weighted by molar-refractivity contribution is 5.15. The highest BCUT2D eigenvalue weighted by atomic mass is 16.7. The van der Waals surface area contributed by atoms with E-state index >= 15 is 0 Å². The fourth-order valence-corrected chi connectivity index (χ4v) is 1.49. The topological polar surface area (TPSA) is 18.5 Å². The molecule has 2 heteroatoms. The summed E-state index contributed by atoms with van der Waals surface area (Å²) in [5.74, 6) is 0. The molecule has 2 atom stereocenters. The Kier molecular flexibility index (Phi) is 2.62. The van der Waals surface area contributed by atoms with E-state index in [1.54, 1.807) is 0 Å². The van der Waals surface area contributed by atoms with Gasteiger partial charge in [-0.25, -0.2) is 0 Å². The summed E-state index contributed by atoms with van der Waals surface area (Å²) < 4.78 is 11.0. The molecular weight excluding hydrogens is 164 g/mol. The van der Waals surface area contributed by atoms with Crippen LogP contribution in [0.4, 0.5) is 0 Å². The van der Waals surface area contributed by atoms with E-state index in [1.165, 1.54) is 5.56 Å². The minimum atomic E-state index is -0.0441. The van der Waals surface area contributed by atoms with Gasteiger partial charge in [0.1, 0.15) is 0 Å². The van der Waals surface area contributed by atoms with Gasteiger partial charge in [-0.05, 0) is 12.5 Å². The summed E-state index contributed by atoms with van der Waals surface area (Å²) >= 11 is 0. The van der Waals surface area contributed by atoms with Crippen molar-refractivity contribution in [3.05, 3.63) is 35.9 Å². The van der Waals surface area contributed by atoms with E-state index in [-0.39, 0.29) is 12.4 Å². The number of hydrogen-bond donors (Lipinski definition) is 0. The summed E-state index contributed by atoms with van der Waals surface area (Å²) in [5, 5.41) is 0. The largest absolute Gasteiger partial charge is 0.350 e. The molecule has 1 saturated heterocycles. The van der Waals surface area contributed by atoms with E-state index in [1.807, 2.05) is 25.1 Å². The Labute approximate surface area is 78.5 Å². The van der Waals surface area contributed by atoms with Gasteiger partial charge in [0.2, 0.25) is 0 Å². The minimum Gasteiger partial charge on any atom is -0.350 e. The predicted molar refractivity (Wildman–Crippen MR) is 50.4 cm³/mol. The van der Waals surface area contributed by atoms with Gasteiger partial charge in [-0.1, -0.05) is 30.3 Å². The van der Waals surface area contributed by atoms with E-state index in [2.05, 4.69) is 12.1 Å². The fraction of sp³-hybridized carbons (Fsp3) is 0.455. The van der Waals surface area contributed by atoms with Crippen LogP contribution in [0.1, 0.15) is 12.5 Å². The van der Waals surface area contributed by atoms with E-state index in [0.29, 0.717) is 0 Å². The number of ether oxygens (including phenoxy) is 2. The molecule has 0 spiro atoms. The standard InChI is InChI=1S/C11H14O2/c1-9-8-12-11(13-9)7-10-5-3-2-4-6-10/h2-6,9,11H,7-8H2,1H3/t9-,11?/m1/s1. The second kappa shape index (κ2) is 3.90. The van der Waals surface area contributed by atoms with E-state index in [4.69, 9.17) is 9.47 Å². The Morgan fingerprint density at radius 1 is 1.31 bits per heavy atom. The molecule has 1 aliphatic heterocycles. The van der Waals surface area contributed by atoms with E-state index in [9.17, 15) is 0 Å². The Hall–Kier alpha value is -0.860. The maximum Gasteiger partial charge on any atom is 0.162 e. The molecule has 1 aromatic carbocycles. The van der Waals surface area contributed by atoms with Crippen molar-refractivity contribution in [2.75, 3.05) is 6.61 Å². The van der Waals surface area contributed by atoms with Crippen LogP contribution in [0.2, 0.25) is 0 Å². The van der Waals surface area contributed by atoms with E-state index in [0.717, 1.165) is 13.0 Å². The van der Waals surface area contributed by atoms with Crippen LogP contribution in [-0.4, -0.2) is 19.0 Å². The smallest absolute Gasteiger partial charge is 0.162 e. The highest BCUT2D eigenvalue weighted by Gasteiger charge is 2.22. The molecule has 70 valence electrons. The molecule has 0 radical (unpaired) electrons. The maximum atomic E-state index is 5.54. The van der Waals surface area contributed by atoms with Crippen molar-refractivity contribution in [2.24, 2.45) is 0 Å². The van der Waals surface area contributed by atoms with Gasteiger partial charge in [0.15, 0.2) is 6.29 Å². The van der Waals surface area contributed by atoms with Crippen molar-refractivity contribution in [3.63, 3.8) is 0 Å². The van der Waals surface area contributed by atoms with Gasteiger partial charge in [-0.2, -0.15) is 0 Å². The van der Waals surface area contributed by atoms with Crippen molar-refractivity contribution in [3.8, 4) is 0 Å². The molecule has 1 heterocycles. The molecule has 0 N–H and O–H groups in total. The Bertz CT molecular complexity index is 258. The summed E-state index contributed by atoms with van der Waals surface area (Å²) in [7, 11) is 0. The Morgan fingerprint density at radius 3 is 2.69 bits per heavy atom. The van der Waals surface area contributed by atoms with Crippen molar-refractivity contribution in [1.82, 2.24) is 0 Å². The quantitative estimate of drug-likeness (QED) is 0.689. The first-order chi connectivity index (χ1) is 6.34. The molecule has 2 rings (SSSR count). The van der Waals surface area contributed by atoms with Crippen LogP contribution in [0.15, 0.2) is 30.3 Å². The zero-order chi connectivity index (χ0) is 9.10. The monoisotopic (exact) mass is 178 g/mol.